The minimum absolute atomic E-state index is 0.0121. The maximum atomic E-state index is 12.8. The number of amides is 1. The summed E-state index contributed by atoms with van der Waals surface area (Å²) in [7, 11) is 0. The molecular formula is C19H24N4O4. The number of aromatic nitrogens is 2. The van der Waals surface area contributed by atoms with E-state index in [1.165, 1.54) is 12.8 Å². The largest absolute Gasteiger partial charge is 0.476 e. The first-order valence-corrected chi connectivity index (χ1v) is 9.41. The number of piperidine rings is 1. The molecule has 0 atom stereocenters. The van der Waals surface area contributed by atoms with Gasteiger partial charge in [-0.05, 0) is 44.0 Å². The molecule has 2 aliphatic rings. The zero-order valence-electron chi connectivity index (χ0n) is 15.4. The number of nitrogens with one attached hydrogen (secondary N) is 1. The molecule has 1 amide bonds. The highest BCUT2D eigenvalue weighted by atomic mass is 16.4. The van der Waals surface area contributed by atoms with Gasteiger partial charge < -0.3 is 14.4 Å². The lowest BCUT2D eigenvalue weighted by Gasteiger charge is -2.29. The Morgan fingerprint density at radius 1 is 1.30 bits per heavy atom. The first kappa shape index (κ1) is 17.8. The predicted octanol–water partition coefficient (Wildman–Crippen LogP) is 2.13. The fourth-order valence-corrected chi connectivity index (χ4v) is 3.82. The summed E-state index contributed by atoms with van der Waals surface area (Å²) in [5.74, 6) is 0.576. The van der Waals surface area contributed by atoms with Crippen LogP contribution >= 0.6 is 0 Å². The summed E-state index contributed by atoms with van der Waals surface area (Å²) in [6, 6.07) is 3.58. The van der Waals surface area contributed by atoms with Crippen LogP contribution < -0.4 is 0 Å². The number of fused-ring (bicyclic) bond motifs is 1. The number of aromatic carboxylic acids is 1. The fraction of sp³-hybridized carbons (Fsp3) is 0.526. The quantitative estimate of drug-likeness (QED) is 0.852. The van der Waals surface area contributed by atoms with Crippen molar-refractivity contribution in [3.8, 4) is 0 Å². The summed E-state index contributed by atoms with van der Waals surface area (Å²) < 4.78 is 5.80. The van der Waals surface area contributed by atoms with Crippen LogP contribution in [0.4, 0.5) is 0 Å². The number of nitrogens with zero attached hydrogens (tertiary/aromatic N) is 3. The van der Waals surface area contributed by atoms with Crippen LogP contribution in [0.25, 0.3) is 0 Å². The predicted molar refractivity (Wildman–Crippen MR) is 96.4 cm³/mol. The van der Waals surface area contributed by atoms with E-state index in [4.69, 9.17) is 4.42 Å². The Morgan fingerprint density at radius 2 is 2.07 bits per heavy atom. The lowest BCUT2D eigenvalue weighted by Crippen LogP contribution is -2.36. The summed E-state index contributed by atoms with van der Waals surface area (Å²) >= 11 is 0. The Kier molecular flexibility index (Phi) is 4.73. The van der Waals surface area contributed by atoms with Gasteiger partial charge in [0.2, 0.25) is 0 Å². The zero-order chi connectivity index (χ0) is 19.0. The standard InChI is InChI=1S/C19H24N4O4/c1-12-4-7-22(8-5-12)10-13-2-3-16(27-13)18(24)23-9-6-15-14(11-23)17(19(25)26)21-20-15/h2-3,12H,4-11H2,1H3,(H,20,21)(H,25,26). The van der Waals surface area contributed by atoms with Gasteiger partial charge in [-0.2, -0.15) is 5.10 Å². The average Bonchev–Trinajstić information content (AvgIpc) is 3.29. The lowest BCUT2D eigenvalue weighted by atomic mass is 9.99. The molecule has 0 aliphatic carbocycles. The molecule has 0 aromatic carbocycles. The number of carboxylic acid groups (broad SMARTS) is 1. The number of carboxylic acids is 1. The number of H-pyrrole nitrogens is 1. The highest BCUT2D eigenvalue weighted by Crippen LogP contribution is 2.23. The normalized spacial score (nSPS) is 18.5. The van der Waals surface area contributed by atoms with Gasteiger partial charge in [0.1, 0.15) is 5.76 Å². The maximum absolute atomic E-state index is 12.8. The highest BCUT2D eigenvalue weighted by molar-refractivity contribution is 5.92. The number of furan rings is 1. The Bertz CT molecular complexity index is 848. The minimum atomic E-state index is -1.09. The Morgan fingerprint density at radius 3 is 2.81 bits per heavy atom. The van der Waals surface area contributed by atoms with E-state index in [2.05, 4.69) is 22.0 Å². The molecule has 0 spiro atoms. The number of rotatable bonds is 4. The molecule has 2 aromatic heterocycles. The average molecular weight is 372 g/mol. The second-order valence-corrected chi connectivity index (χ2v) is 7.54. The molecule has 0 bridgehead atoms. The number of hydrogen-bond acceptors (Lipinski definition) is 5. The van der Waals surface area contributed by atoms with Crippen LogP contribution in [0.2, 0.25) is 0 Å². The van der Waals surface area contributed by atoms with Gasteiger partial charge in [0.25, 0.3) is 5.91 Å². The van der Waals surface area contributed by atoms with E-state index in [0.717, 1.165) is 37.0 Å². The van der Waals surface area contributed by atoms with Crippen molar-refractivity contribution >= 4 is 11.9 Å². The summed E-state index contributed by atoms with van der Waals surface area (Å²) in [6.07, 6.45) is 2.94. The molecule has 144 valence electrons. The van der Waals surface area contributed by atoms with Crippen molar-refractivity contribution in [2.45, 2.75) is 39.3 Å². The number of likely N-dealkylation sites (tertiary alicyclic amines) is 1. The van der Waals surface area contributed by atoms with Gasteiger partial charge >= 0.3 is 5.97 Å². The van der Waals surface area contributed by atoms with Crippen LogP contribution in [-0.4, -0.2) is 56.6 Å². The minimum Gasteiger partial charge on any atom is -0.476 e. The molecule has 0 unspecified atom stereocenters. The van der Waals surface area contributed by atoms with E-state index in [1.54, 1.807) is 11.0 Å². The van der Waals surface area contributed by atoms with E-state index >= 15 is 0 Å². The van der Waals surface area contributed by atoms with Gasteiger partial charge in [-0.3, -0.25) is 14.8 Å². The van der Waals surface area contributed by atoms with Crippen molar-refractivity contribution in [1.82, 2.24) is 20.0 Å². The highest BCUT2D eigenvalue weighted by Gasteiger charge is 2.29. The van der Waals surface area contributed by atoms with Crippen molar-refractivity contribution in [2.24, 2.45) is 5.92 Å². The van der Waals surface area contributed by atoms with Crippen molar-refractivity contribution < 1.29 is 19.1 Å². The van der Waals surface area contributed by atoms with Crippen LogP contribution in [0.3, 0.4) is 0 Å². The Balaban J connectivity index is 1.42. The smallest absolute Gasteiger partial charge is 0.356 e. The second-order valence-electron chi connectivity index (χ2n) is 7.54. The monoisotopic (exact) mass is 372 g/mol. The van der Waals surface area contributed by atoms with Crippen molar-refractivity contribution in [3.63, 3.8) is 0 Å². The maximum Gasteiger partial charge on any atom is 0.356 e. The first-order chi connectivity index (χ1) is 13.0. The molecule has 0 radical (unpaired) electrons. The Labute approximate surface area is 157 Å². The van der Waals surface area contributed by atoms with Gasteiger partial charge in [-0.25, -0.2) is 4.79 Å². The van der Waals surface area contributed by atoms with E-state index in [-0.39, 0.29) is 18.1 Å². The van der Waals surface area contributed by atoms with Crippen LogP contribution in [0.5, 0.6) is 0 Å². The molecule has 2 aliphatic heterocycles. The number of carbonyl (C=O) groups is 2. The van der Waals surface area contributed by atoms with Gasteiger partial charge in [-0.15, -0.1) is 0 Å². The van der Waals surface area contributed by atoms with E-state index < -0.39 is 5.97 Å². The molecule has 1 saturated heterocycles. The Hall–Kier alpha value is -2.61. The van der Waals surface area contributed by atoms with Crippen LogP contribution in [0.1, 0.15) is 57.8 Å². The van der Waals surface area contributed by atoms with Gasteiger partial charge in [0.15, 0.2) is 11.5 Å². The molecule has 0 saturated carbocycles. The molecule has 4 rings (SSSR count). The van der Waals surface area contributed by atoms with Crippen molar-refractivity contribution in [1.29, 1.82) is 0 Å². The number of carbonyl (C=O) groups excluding carboxylic acids is 1. The summed E-state index contributed by atoms with van der Waals surface area (Å²) in [5, 5.41) is 15.8. The lowest BCUT2D eigenvalue weighted by molar-refractivity contribution is 0.0663. The van der Waals surface area contributed by atoms with Gasteiger partial charge in [0, 0.05) is 24.2 Å². The summed E-state index contributed by atoms with van der Waals surface area (Å²) in [5.41, 5.74) is 1.36. The molecular weight excluding hydrogens is 348 g/mol. The van der Waals surface area contributed by atoms with Crippen LogP contribution in [0.15, 0.2) is 16.5 Å². The third kappa shape index (κ3) is 3.62. The third-order valence-electron chi connectivity index (χ3n) is 5.55. The fourth-order valence-electron chi connectivity index (χ4n) is 3.82. The van der Waals surface area contributed by atoms with Crippen molar-refractivity contribution in [2.75, 3.05) is 19.6 Å². The van der Waals surface area contributed by atoms with Crippen LogP contribution in [-0.2, 0) is 19.5 Å². The molecule has 2 N–H and O–H groups in total. The number of hydrogen-bond donors (Lipinski definition) is 2. The molecule has 4 heterocycles. The molecule has 2 aromatic rings. The SMILES string of the molecule is CC1CCN(Cc2ccc(C(=O)N3CCc4[nH]nc(C(=O)O)c4C3)o2)CC1. The first-order valence-electron chi connectivity index (χ1n) is 9.41. The topological polar surface area (TPSA) is 103 Å². The number of aromatic amines is 1. The van der Waals surface area contributed by atoms with E-state index in [0.29, 0.717) is 24.3 Å². The van der Waals surface area contributed by atoms with Crippen molar-refractivity contribution in [3.05, 3.63) is 40.6 Å². The molecule has 8 nitrogen and oxygen atoms in total. The van der Waals surface area contributed by atoms with E-state index in [1.807, 2.05) is 6.07 Å². The van der Waals surface area contributed by atoms with Crippen LogP contribution in [0, 0.1) is 5.92 Å². The van der Waals surface area contributed by atoms with Gasteiger partial charge in [-0.1, -0.05) is 6.92 Å². The molecule has 27 heavy (non-hydrogen) atoms. The summed E-state index contributed by atoms with van der Waals surface area (Å²) in [6.45, 7) is 5.84. The summed E-state index contributed by atoms with van der Waals surface area (Å²) in [4.78, 5) is 28.1. The second kappa shape index (κ2) is 7.19. The van der Waals surface area contributed by atoms with E-state index in [9.17, 15) is 14.7 Å². The molecule has 8 heteroatoms. The zero-order valence-corrected chi connectivity index (χ0v) is 15.4. The van der Waals surface area contributed by atoms with Gasteiger partial charge in [0.05, 0.1) is 13.1 Å². The third-order valence-corrected chi connectivity index (χ3v) is 5.55. The molecule has 1 fully saturated rings.